The van der Waals surface area contributed by atoms with Crippen LogP contribution in [0.1, 0.15) is 43.7 Å². The zero-order valence-electron chi connectivity index (χ0n) is 14.3. The van der Waals surface area contributed by atoms with E-state index in [2.05, 4.69) is 36.6 Å². The minimum atomic E-state index is -0.897. The molecule has 1 atom stereocenters. The summed E-state index contributed by atoms with van der Waals surface area (Å²) in [6.45, 7) is 1.82. The van der Waals surface area contributed by atoms with Gasteiger partial charge in [-0.05, 0) is 34.5 Å². The van der Waals surface area contributed by atoms with Crippen LogP contribution in [0.2, 0.25) is 0 Å². The van der Waals surface area contributed by atoms with Crippen molar-refractivity contribution in [3.05, 3.63) is 40.8 Å². The van der Waals surface area contributed by atoms with Crippen molar-refractivity contribution < 1.29 is 10.2 Å². The van der Waals surface area contributed by atoms with Gasteiger partial charge in [0.25, 0.3) is 0 Å². The normalized spacial score (nSPS) is 17.7. The molecule has 0 spiro atoms. The molecular weight excluding hydrogens is 340 g/mol. The molecule has 134 valence electrons. The Morgan fingerprint density at radius 1 is 1.17 bits per heavy atom. The van der Waals surface area contributed by atoms with Crippen molar-refractivity contribution in [1.82, 2.24) is 0 Å². The first-order valence-electron chi connectivity index (χ1n) is 8.50. The summed E-state index contributed by atoms with van der Waals surface area (Å²) in [6.07, 6.45) is 5.09. The average Bonchev–Trinajstić information content (AvgIpc) is 3.09. The predicted molar refractivity (Wildman–Crippen MR) is 106 cm³/mol. The van der Waals surface area contributed by atoms with Gasteiger partial charge in [0, 0.05) is 16.7 Å². The zero-order chi connectivity index (χ0) is 17.4. The molecule has 1 aromatic carbocycles. The number of hydrogen-bond donors (Lipinski definition) is 3. The molecule has 0 fully saturated rings. The fraction of sp³-hybridized carbons (Fsp3) is 0.556. The maximum Gasteiger partial charge on any atom is 0.0856 e. The Morgan fingerprint density at radius 3 is 2.50 bits per heavy atom. The lowest BCUT2D eigenvalue weighted by molar-refractivity contribution is 0.115. The number of aliphatic hydroxyl groups is 2. The fourth-order valence-corrected chi connectivity index (χ4v) is 5.52. The van der Waals surface area contributed by atoms with E-state index in [9.17, 15) is 10.2 Å². The van der Waals surface area contributed by atoms with E-state index in [1.165, 1.54) is 25.0 Å². The summed E-state index contributed by atoms with van der Waals surface area (Å²) in [4.78, 5) is 0. The quantitative estimate of drug-likeness (QED) is 0.437. The van der Waals surface area contributed by atoms with Gasteiger partial charge in [0.2, 0.25) is 0 Å². The van der Waals surface area contributed by atoms with Crippen LogP contribution in [-0.2, 0) is 16.1 Å². The van der Waals surface area contributed by atoms with Crippen LogP contribution in [0.3, 0.4) is 0 Å². The van der Waals surface area contributed by atoms with Gasteiger partial charge >= 0.3 is 0 Å². The molecule has 4 nitrogen and oxygen atoms in total. The number of aliphatic hydroxyl groups excluding tert-OH is 2. The van der Waals surface area contributed by atoms with Crippen molar-refractivity contribution in [3.8, 4) is 0 Å². The molecule has 1 unspecified atom stereocenters. The third-order valence-corrected chi connectivity index (χ3v) is 7.44. The molecule has 0 radical (unpaired) electrons. The summed E-state index contributed by atoms with van der Waals surface area (Å²) in [6, 6.07) is 8.36. The number of aryl methyl sites for hydroxylation is 1. The highest BCUT2D eigenvalue weighted by Crippen LogP contribution is 2.32. The predicted octanol–water partition coefficient (Wildman–Crippen LogP) is 3.25. The maximum absolute atomic E-state index is 9.25. The Morgan fingerprint density at radius 2 is 1.88 bits per heavy atom. The third kappa shape index (κ3) is 5.70. The summed E-state index contributed by atoms with van der Waals surface area (Å²) in [7, 11) is 1.94. The Hall–Kier alpha value is -0.660. The molecular formula is C18H28N2O2S2. The van der Waals surface area contributed by atoms with Crippen molar-refractivity contribution in [3.63, 3.8) is 0 Å². The van der Waals surface area contributed by atoms with Crippen LogP contribution in [0.5, 0.6) is 0 Å². The molecule has 0 amide bonds. The smallest absolute Gasteiger partial charge is 0.0856 e. The summed E-state index contributed by atoms with van der Waals surface area (Å²) >= 11 is 0. The van der Waals surface area contributed by atoms with Crippen LogP contribution < -0.4 is 5.73 Å². The summed E-state index contributed by atoms with van der Waals surface area (Å²) < 4.78 is 4.84. The van der Waals surface area contributed by atoms with Gasteiger partial charge in [-0.1, -0.05) is 54.8 Å². The first-order chi connectivity index (χ1) is 11.6. The van der Waals surface area contributed by atoms with Gasteiger partial charge in [-0.15, -0.1) is 0 Å². The number of rotatable bonds is 10. The zero-order valence-corrected chi connectivity index (χ0v) is 15.9. The number of hydrogen-bond acceptors (Lipinski definition) is 5. The molecule has 0 aliphatic carbocycles. The molecule has 1 aliphatic heterocycles. The lowest BCUT2D eigenvalue weighted by Crippen LogP contribution is -2.47. The molecule has 6 heteroatoms. The molecule has 1 aromatic rings. The SMILES string of the molecule is CCCCCS1=NC(c2ccc(CCC(N)(CO)CO)cc2)=CS1. The summed E-state index contributed by atoms with van der Waals surface area (Å²) in [5, 5.41) is 20.7. The van der Waals surface area contributed by atoms with Gasteiger partial charge < -0.3 is 15.9 Å². The lowest BCUT2D eigenvalue weighted by Gasteiger charge is -2.24. The molecule has 24 heavy (non-hydrogen) atoms. The van der Waals surface area contributed by atoms with E-state index in [0.29, 0.717) is 6.42 Å². The molecule has 1 heterocycles. The van der Waals surface area contributed by atoms with Gasteiger partial charge in [0.1, 0.15) is 0 Å². The number of nitrogens with zero attached hydrogens (tertiary/aromatic N) is 1. The van der Waals surface area contributed by atoms with Crippen molar-refractivity contribution in [2.45, 2.75) is 44.6 Å². The Kier molecular flexibility index (Phi) is 7.97. The molecule has 0 bridgehead atoms. The van der Waals surface area contributed by atoms with Crippen molar-refractivity contribution in [1.29, 1.82) is 0 Å². The topological polar surface area (TPSA) is 78.8 Å². The first-order valence-corrected chi connectivity index (χ1v) is 11.2. The second kappa shape index (κ2) is 9.73. The van der Waals surface area contributed by atoms with Gasteiger partial charge in [0.15, 0.2) is 0 Å². The van der Waals surface area contributed by atoms with Crippen LogP contribution in [0.25, 0.3) is 5.70 Å². The minimum Gasteiger partial charge on any atom is -0.394 e. The monoisotopic (exact) mass is 368 g/mol. The standard InChI is InChI=1S/C18H28N2O2S2/c1-2-3-4-11-24-20-17(12-23-24)16-7-5-15(6-8-16)9-10-18(19,13-21)14-22/h5-8,12,21-22H,2-4,9-11,13-14,19H2,1H3. The Bertz CT molecular complexity index is 581. The van der Waals surface area contributed by atoms with E-state index in [-0.39, 0.29) is 22.9 Å². The van der Waals surface area contributed by atoms with E-state index in [1.807, 2.05) is 10.8 Å². The van der Waals surface area contributed by atoms with E-state index >= 15 is 0 Å². The fourth-order valence-electron chi connectivity index (χ4n) is 2.39. The highest BCUT2D eigenvalue weighted by Gasteiger charge is 2.22. The van der Waals surface area contributed by atoms with Gasteiger partial charge in [0.05, 0.1) is 24.4 Å². The number of nitrogens with two attached hydrogens (primary N) is 1. The van der Waals surface area contributed by atoms with E-state index in [1.54, 1.807) is 0 Å². The average molecular weight is 369 g/mol. The van der Waals surface area contributed by atoms with Gasteiger partial charge in [-0.2, -0.15) is 0 Å². The number of benzene rings is 1. The Balaban J connectivity index is 1.90. The van der Waals surface area contributed by atoms with Crippen LogP contribution in [0.15, 0.2) is 34.0 Å². The minimum absolute atomic E-state index is 0.0946. The lowest BCUT2D eigenvalue weighted by atomic mass is 9.93. The van der Waals surface area contributed by atoms with E-state index < -0.39 is 5.54 Å². The second-order valence-corrected chi connectivity index (χ2v) is 9.69. The summed E-state index contributed by atoms with van der Waals surface area (Å²) in [5.41, 5.74) is 8.41. The van der Waals surface area contributed by atoms with Crippen LogP contribution in [0, 0.1) is 0 Å². The van der Waals surface area contributed by atoms with Crippen molar-refractivity contribution in [2.24, 2.45) is 10.1 Å². The van der Waals surface area contributed by atoms with E-state index in [4.69, 9.17) is 10.1 Å². The van der Waals surface area contributed by atoms with Crippen molar-refractivity contribution in [2.75, 3.05) is 19.0 Å². The second-order valence-electron chi connectivity index (χ2n) is 6.30. The highest BCUT2D eigenvalue weighted by atomic mass is 33.1. The molecule has 1 aliphatic rings. The highest BCUT2D eigenvalue weighted by molar-refractivity contribution is 8.71. The maximum atomic E-state index is 9.25. The van der Waals surface area contributed by atoms with E-state index in [0.717, 1.165) is 23.2 Å². The molecule has 4 N–H and O–H groups in total. The van der Waals surface area contributed by atoms with Crippen LogP contribution >= 0.6 is 10.8 Å². The molecule has 0 saturated carbocycles. The summed E-state index contributed by atoms with van der Waals surface area (Å²) in [5.74, 6) is 1.18. The van der Waals surface area contributed by atoms with Gasteiger partial charge in [-0.25, -0.2) is 4.36 Å². The Labute approximate surface area is 151 Å². The van der Waals surface area contributed by atoms with Crippen LogP contribution in [0.4, 0.5) is 0 Å². The van der Waals surface area contributed by atoms with Gasteiger partial charge in [-0.3, -0.25) is 0 Å². The molecule has 2 rings (SSSR count). The first kappa shape index (κ1) is 19.7. The number of unbranched alkanes of at least 4 members (excludes halogenated alkanes) is 2. The third-order valence-electron chi connectivity index (χ3n) is 4.18. The van der Waals surface area contributed by atoms with Crippen molar-refractivity contribution >= 4 is 26.2 Å². The van der Waals surface area contributed by atoms with Crippen LogP contribution in [-0.4, -0.2) is 34.7 Å². The molecule has 0 saturated heterocycles. The molecule has 0 aromatic heterocycles. The largest absolute Gasteiger partial charge is 0.394 e.